The SMILES string of the molecule is CON(Cc1ccc(C(=O)O)cc1)C(=O)/C=C(\O)C(=O)NSC. The molecule has 0 aromatic heterocycles. The van der Waals surface area contributed by atoms with Gasteiger partial charge >= 0.3 is 5.97 Å². The van der Waals surface area contributed by atoms with Gasteiger partial charge in [0.15, 0.2) is 5.76 Å². The number of hydroxylamine groups is 2. The van der Waals surface area contributed by atoms with Crippen molar-refractivity contribution in [3.05, 3.63) is 47.2 Å². The topological polar surface area (TPSA) is 116 Å². The first-order valence-electron chi connectivity index (χ1n) is 6.30. The molecule has 0 saturated carbocycles. The van der Waals surface area contributed by atoms with Crippen LogP contribution in [0.2, 0.25) is 0 Å². The van der Waals surface area contributed by atoms with Gasteiger partial charge in [-0.3, -0.25) is 19.1 Å². The molecule has 0 bridgehead atoms. The van der Waals surface area contributed by atoms with E-state index in [1.165, 1.54) is 31.4 Å². The first kappa shape index (κ1) is 18.5. The van der Waals surface area contributed by atoms with Crippen LogP contribution in [0.1, 0.15) is 15.9 Å². The van der Waals surface area contributed by atoms with E-state index in [0.29, 0.717) is 5.56 Å². The van der Waals surface area contributed by atoms with E-state index in [-0.39, 0.29) is 12.1 Å². The molecule has 23 heavy (non-hydrogen) atoms. The number of aliphatic hydroxyl groups excluding tert-OH is 1. The lowest BCUT2D eigenvalue weighted by Gasteiger charge is -2.18. The van der Waals surface area contributed by atoms with Gasteiger partial charge in [0.1, 0.15) is 0 Å². The predicted octanol–water partition coefficient (Wildman–Crippen LogP) is 1.11. The molecule has 0 spiro atoms. The number of nitrogens with one attached hydrogen (secondary N) is 1. The highest BCUT2D eigenvalue weighted by Gasteiger charge is 2.16. The minimum absolute atomic E-state index is 0.0170. The standard InChI is InChI=1S/C14H16N2O6S/c1-22-16(12(18)7-11(17)13(19)15-23-2)8-9-3-5-10(6-4-9)14(20)21/h3-7,17H,8H2,1-2H3,(H,15,19)(H,20,21)/b11-7-. The van der Waals surface area contributed by atoms with Crippen molar-refractivity contribution in [2.45, 2.75) is 6.54 Å². The van der Waals surface area contributed by atoms with E-state index >= 15 is 0 Å². The number of carbonyl (C=O) groups excluding carboxylic acids is 2. The van der Waals surface area contributed by atoms with Gasteiger partial charge in [0.25, 0.3) is 11.8 Å². The Hall–Kier alpha value is -2.52. The van der Waals surface area contributed by atoms with Gasteiger partial charge in [-0.2, -0.15) is 0 Å². The number of hydrogen-bond donors (Lipinski definition) is 3. The zero-order valence-electron chi connectivity index (χ0n) is 12.5. The van der Waals surface area contributed by atoms with Gasteiger partial charge in [-0.05, 0) is 17.7 Å². The Balaban J connectivity index is 2.79. The second-order valence-electron chi connectivity index (χ2n) is 4.22. The summed E-state index contributed by atoms with van der Waals surface area (Å²) >= 11 is 0.981. The Morgan fingerprint density at radius 2 is 1.87 bits per heavy atom. The predicted molar refractivity (Wildman–Crippen MR) is 83.3 cm³/mol. The normalized spacial score (nSPS) is 11.0. The summed E-state index contributed by atoms with van der Waals surface area (Å²) in [5, 5.41) is 19.2. The lowest BCUT2D eigenvalue weighted by Crippen LogP contribution is -2.29. The second kappa shape index (κ2) is 8.81. The Kier molecular flexibility index (Phi) is 7.10. The van der Waals surface area contributed by atoms with Crippen LogP contribution in [0, 0.1) is 0 Å². The molecule has 0 fully saturated rings. The van der Waals surface area contributed by atoms with E-state index in [4.69, 9.17) is 9.94 Å². The van der Waals surface area contributed by atoms with E-state index in [1.807, 2.05) is 0 Å². The number of aromatic carboxylic acids is 1. The maximum absolute atomic E-state index is 12.0. The molecule has 0 aliphatic rings. The number of nitrogens with zero attached hydrogens (tertiary/aromatic N) is 1. The highest BCUT2D eigenvalue weighted by Crippen LogP contribution is 2.09. The van der Waals surface area contributed by atoms with Crippen LogP contribution < -0.4 is 4.72 Å². The molecule has 2 amide bonds. The second-order valence-corrected chi connectivity index (χ2v) is 4.84. The summed E-state index contributed by atoms with van der Waals surface area (Å²) in [4.78, 5) is 39.0. The summed E-state index contributed by atoms with van der Waals surface area (Å²) in [6.45, 7) is 0.0170. The van der Waals surface area contributed by atoms with E-state index in [0.717, 1.165) is 23.1 Å². The van der Waals surface area contributed by atoms with Crippen LogP contribution in [0.15, 0.2) is 36.1 Å². The molecule has 124 valence electrons. The summed E-state index contributed by atoms with van der Waals surface area (Å²) in [6, 6.07) is 5.87. The lowest BCUT2D eigenvalue weighted by molar-refractivity contribution is -0.173. The van der Waals surface area contributed by atoms with Crippen molar-refractivity contribution in [1.82, 2.24) is 9.79 Å². The largest absolute Gasteiger partial charge is 0.503 e. The minimum atomic E-state index is -1.05. The van der Waals surface area contributed by atoms with Crippen molar-refractivity contribution >= 4 is 29.7 Å². The van der Waals surface area contributed by atoms with Crippen LogP contribution in [-0.4, -0.2) is 46.4 Å². The molecular weight excluding hydrogens is 324 g/mol. The van der Waals surface area contributed by atoms with E-state index in [9.17, 15) is 19.5 Å². The molecule has 8 nitrogen and oxygen atoms in total. The van der Waals surface area contributed by atoms with Gasteiger partial charge < -0.3 is 10.2 Å². The van der Waals surface area contributed by atoms with Crippen LogP contribution in [0.3, 0.4) is 0 Å². The third-order valence-corrected chi connectivity index (χ3v) is 3.07. The summed E-state index contributed by atoms with van der Waals surface area (Å²) in [6.07, 6.45) is 2.33. The van der Waals surface area contributed by atoms with Crippen molar-refractivity contribution in [2.24, 2.45) is 0 Å². The Labute approximate surface area is 136 Å². The van der Waals surface area contributed by atoms with E-state index in [2.05, 4.69) is 4.72 Å². The van der Waals surface area contributed by atoms with Crippen molar-refractivity contribution in [1.29, 1.82) is 0 Å². The maximum Gasteiger partial charge on any atom is 0.335 e. The first-order chi connectivity index (χ1) is 10.9. The molecule has 0 aliphatic carbocycles. The van der Waals surface area contributed by atoms with Crippen molar-refractivity contribution < 1.29 is 29.4 Å². The van der Waals surface area contributed by atoms with Gasteiger partial charge in [-0.1, -0.05) is 24.1 Å². The Morgan fingerprint density at radius 3 is 2.35 bits per heavy atom. The molecule has 0 radical (unpaired) electrons. The molecule has 0 unspecified atom stereocenters. The number of benzene rings is 1. The summed E-state index contributed by atoms with van der Waals surface area (Å²) in [5.41, 5.74) is 0.738. The molecular formula is C14H16N2O6S. The highest BCUT2D eigenvalue weighted by molar-refractivity contribution is 7.97. The van der Waals surface area contributed by atoms with Gasteiger partial charge in [-0.25, -0.2) is 9.86 Å². The summed E-state index contributed by atoms with van der Waals surface area (Å²) in [5.74, 6) is -3.33. The number of hydrogen-bond acceptors (Lipinski definition) is 6. The van der Waals surface area contributed by atoms with Crippen molar-refractivity contribution in [2.75, 3.05) is 13.4 Å². The molecule has 0 saturated heterocycles. The highest BCUT2D eigenvalue weighted by atomic mass is 32.2. The number of carboxylic acid groups (broad SMARTS) is 1. The number of carboxylic acids is 1. The number of carbonyl (C=O) groups is 3. The van der Waals surface area contributed by atoms with Crippen LogP contribution in [0.25, 0.3) is 0 Å². The van der Waals surface area contributed by atoms with Gasteiger partial charge in [0.2, 0.25) is 0 Å². The van der Waals surface area contributed by atoms with Crippen molar-refractivity contribution in [3.63, 3.8) is 0 Å². The number of rotatable bonds is 7. The fourth-order valence-electron chi connectivity index (χ4n) is 1.55. The third-order valence-electron chi connectivity index (χ3n) is 2.68. The molecule has 1 aromatic rings. The molecule has 3 N–H and O–H groups in total. The molecule has 0 heterocycles. The monoisotopic (exact) mass is 340 g/mol. The van der Waals surface area contributed by atoms with Gasteiger partial charge in [0.05, 0.1) is 25.3 Å². The minimum Gasteiger partial charge on any atom is -0.503 e. The fourth-order valence-corrected chi connectivity index (χ4v) is 1.84. The lowest BCUT2D eigenvalue weighted by atomic mass is 10.1. The third kappa shape index (κ3) is 5.64. The number of aliphatic hydroxyl groups is 1. The quantitative estimate of drug-likeness (QED) is 0.295. The smallest absolute Gasteiger partial charge is 0.335 e. The zero-order chi connectivity index (χ0) is 17.4. The molecule has 0 atom stereocenters. The van der Waals surface area contributed by atoms with Crippen LogP contribution in [0.4, 0.5) is 0 Å². The molecule has 1 aromatic carbocycles. The van der Waals surface area contributed by atoms with Crippen LogP contribution in [-0.2, 0) is 21.0 Å². The average molecular weight is 340 g/mol. The van der Waals surface area contributed by atoms with Gasteiger partial charge in [0, 0.05) is 6.26 Å². The van der Waals surface area contributed by atoms with E-state index in [1.54, 1.807) is 6.26 Å². The first-order valence-corrected chi connectivity index (χ1v) is 7.53. The van der Waals surface area contributed by atoms with Gasteiger partial charge in [-0.15, -0.1) is 0 Å². The van der Waals surface area contributed by atoms with E-state index < -0.39 is 23.5 Å². The summed E-state index contributed by atoms with van der Waals surface area (Å²) < 4.78 is 2.27. The maximum atomic E-state index is 12.0. The molecule has 9 heteroatoms. The molecule has 0 aliphatic heterocycles. The average Bonchev–Trinajstić information content (AvgIpc) is 2.52. The fraction of sp³-hybridized carbons (Fsp3) is 0.214. The summed E-state index contributed by atoms with van der Waals surface area (Å²) in [7, 11) is 1.26. The Morgan fingerprint density at radius 1 is 1.26 bits per heavy atom. The van der Waals surface area contributed by atoms with Crippen molar-refractivity contribution in [3.8, 4) is 0 Å². The van der Waals surface area contributed by atoms with Crippen LogP contribution in [0.5, 0.6) is 0 Å². The van der Waals surface area contributed by atoms with Crippen LogP contribution >= 0.6 is 11.9 Å². The molecule has 1 rings (SSSR count). The zero-order valence-corrected chi connectivity index (χ0v) is 13.3. The Bertz CT molecular complexity index is 614. The number of amides is 2.